The first kappa shape index (κ1) is 11.8. The molecule has 1 aliphatic heterocycles. The van der Waals surface area contributed by atoms with Gasteiger partial charge >= 0.3 is 32.7 Å². The van der Waals surface area contributed by atoms with Crippen LogP contribution in [0.2, 0.25) is 0 Å². The van der Waals surface area contributed by atoms with Crippen LogP contribution in [0.15, 0.2) is 0 Å². The van der Waals surface area contributed by atoms with Gasteiger partial charge in [0.1, 0.15) is 0 Å². The molecule has 0 aromatic heterocycles. The van der Waals surface area contributed by atoms with Crippen LogP contribution in [0.5, 0.6) is 0 Å². The molecule has 0 aliphatic carbocycles. The maximum absolute atomic E-state index is 3.25. The van der Waals surface area contributed by atoms with Crippen molar-refractivity contribution in [3.05, 3.63) is 12.8 Å². The molecule has 0 atom stereocenters. The van der Waals surface area contributed by atoms with E-state index in [1.54, 1.807) is 12.8 Å². The molecule has 0 unspecified atom stereocenters. The summed E-state index contributed by atoms with van der Waals surface area (Å²) in [5.41, 5.74) is 0. The van der Waals surface area contributed by atoms with Crippen LogP contribution in [0.1, 0.15) is 13.8 Å². The zero-order valence-corrected chi connectivity index (χ0v) is 8.54. The smallest absolute Gasteiger partial charge is 0.375 e. The molecular weight excluding hydrogens is 175 g/mol. The second-order valence-electron chi connectivity index (χ2n) is 1.56. The van der Waals surface area contributed by atoms with E-state index in [0.29, 0.717) is 0 Å². The summed E-state index contributed by atoms with van der Waals surface area (Å²) in [6.07, 6.45) is 0. The van der Waals surface area contributed by atoms with E-state index in [0.717, 1.165) is 13.1 Å². The average molecular weight is 188 g/mol. The number of hydrogen-bond acceptors (Lipinski definition) is 1. The van der Waals surface area contributed by atoms with Crippen molar-refractivity contribution in [2.75, 3.05) is 13.1 Å². The number of hydrogen-bond donors (Lipinski definition) is 1. The van der Waals surface area contributed by atoms with Crippen LogP contribution in [-0.4, -0.2) is 13.1 Å². The summed E-state index contributed by atoms with van der Waals surface area (Å²) < 4.78 is 0. The Morgan fingerprint density at radius 3 is 1.62 bits per heavy atom. The minimum Gasteiger partial charge on any atom is -0.375 e. The van der Waals surface area contributed by atoms with Gasteiger partial charge in [0.25, 0.3) is 0 Å². The summed E-state index contributed by atoms with van der Waals surface area (Å²) in [6.45, 7) is 9.47. The van der Waals surface area contributed by atoms with E-state index in [4.69, 9.17) is 0 Å². The second-order valence-corrected chi connectivity index (χ2v) is 1.56. The van der Waals surface area contributed by atoms with E-state index >= 15 is 0 Å². The summed E-state index contributed by atoms with van der Waals surface area (Å²) in [6, 6.07) is 0. The number of rotatable bonds is 0. The molecular formula is C6H13NY+. The SMILES string of the molecule is C[C-]1CNC1.[CH2-]C.[Y+3]. The molecule has 0 amide bonds. The van der Waals surface area contributed by atoms with Crippen LogP contribution >= 0.6 is 0 Å². The van der Waals surface area contributed by atoms with Gasteiger partial charge in [-0.1, -0.05) is 0 Å². The van der Waals surface area contributed by atoms with Crippen LogP contribution in [-0.2, 0) is 32.7 Å². The van der Waals surface area contributed by atoms with Crippen LogP contribution in [0.4, 0.5) is 0 Å². The molecule has 1 fully saturated rings. The molecule has 1 nitrogen and oxygen atoms in total. The van der Waals surface area contributed by atoms with Crippen molar-refractivity contribution in [1.29, 1.82) is 0 Å². The van der Waals surface area contributed by atoms with Gasteiger partial charge in [-0.05, 0) is 0 Å². The Kier molecular flexibility index (Phi) is 11.9. The van der Waals surface area contributed by atoms with Crippen molar-refractivity contribution in [1.82, 2.24) is 5.32 Å². The Balaban J connectivity index is 0. The van der Waals surface area contributed by atoms with Crippen molar-refractivity contribution >= 4 is 0 Å². The normalized spacial score (nSPS) is 16.9. The Bertz CT molecular complexity index is 35.5. The largest absolute Gasteiger partial charge is 3.00 e. The topological polar surface area (TPSA) is 12.0 Å². The molecule has 0 radical (unpaired) electrons. The third-order valence-electron chi connectivity index (χ3n) is 0.854. The first-order valence-corrected chi connectivity index (χ1v) is 2.62. The molecule has 1 heterocycles. The molecule has 2 heteroatoms. The van der Waals surface area contributed by atoms with Gasteiger partial charge in [0.05, 0.1) is 0 Å². The predicted octanol–water partition coefficient (Wildman–Crippen LogP) is 1.02. The van der Waals surface area contributed by atoms with Crippen molar-refractivity contribution in [3.63, 3.8) is 0 Å². The summed E-state index contributed by atoms with van der Waals surface area (Å²) in [4.78, 5) is 0. The predicted molar refractivity (Wildman–Crippen MR) is 32.8 cm³/mol. The fourth-order valence-electron chi connectivity index (χ4n) is 0.375. The molecule has 0 spiro atoms. The van der Waals surface area contributed by atoms with E-state index in [-0.39, 0.29) is 32.7 Å². The van der Waals surface area contributed by atoms with Gasteiger partial charge < -0.3 is 12.2 Å². The van der Waals surface area contributed by atoms with Gasteiger partial charge in [0.2, 0.25) is 0 Å². The van der Waals surface area contributed by atoms with E-state index in [1.165, 1.54) is 0 Å². The Morgan fingerprint density at radius 2 is 1.62 bits per heavy atom. The van der Waals surface area contributed by atoms with Crippen molar-refractivity contribution in [2.45, 2.75) is 13.8 Å². The quantitative estimate of drug-likeness (QED) is 0.559. The van der Waals surface area contributed by atoms with Gasteiger partial charge in [-0.3, -0.25) is 5.92 Å². The second kappa shape index (κ2) is 8.06. The summed E-state index contributed by atoms with van der Waals surface area (Å²) in [5.74, 6) is 1.57. The summed E-state index contributed by atoms with van der Waals surface area (Å²) in [7, 11) is 0. The maximum atomic E-state index is 3.25. The van der Waals surface area contributed by atoms with E-state index in [9.17, 15) is 0 Å². The van der Waals surface area contributed by atoms with E-state index in [2.05, 4.69) is 19.2 Å². The van der Waals surface area contributed by atoms with Gasteiger partial charge in [-0.25, -0.2) is 0 Å². The van der Waals surface area contributed by atoms with E-state index < -0.39 is 0 Å². The minimum atomic E-state index is 0. The van der Waals surface area contributed by atoms with Crippen molar-refractivity contribution in [3.8, 4) is 0 Å². The van der Waals surface area contributed by atoms with Crippen LogP contribution in [0.3, 0.4) is 0 Å². The molecule has 0 aromatic carbocycles. The summed E-state index contributed by atoms with van der Waals surface area (Å²) in [5, 5.41) is 3.12. The number of nitrogens with one attached hydrogen (secondary N) is 1. The zero-order chi connectivity index (χ0) is 5.70. The van der Waals surface area contributed by atoms with Crippen LogP contribution < -0.4 is 5.32 Å². The Labute approximate surface area is 77.5 Å². The first-order valence-electron chi connectivity index (χ1n) is 2.62. The van der Waals surface area contributed by atoms with Gasteiger partial charge in [-0.2, -0.15) is 13.8 Å². The third kappa shape index (κ3) is 5.21. The molecule has 1 saturated heterocycles. The Morgan fingerprint density at radius 1 is 1.38 bits per heavy atom. The Hall–Kier alpha value is 1.06. The zero-order valence-electron chi connectivity index (χ0n) is 5.70. The fourth-order valence-corrected chi connectivity index (χ4v) is 0.375. The third-order valence-corrected chi connectivity index (χ3v) is 0.854. The van der Waals surface area contributed by atoms with Gasteiger partial charge in [0.15, 0.2) is 0 Å². The first-order chi connectivity index (χ1) is 3.39. The van der Waals surface area contributed by atoms with Crippen molar-refractivity contribution < 1.29 is 32.7 Å². The standard InChI is InChI=1S/C4H8N.C2H5.Y/c1-4-2-5-3-4;1-2;/h5H,2-3H2,1H3;1H2,2H3;/q2*-1;+3. The van der Waals surface area contributed by atoms with Gasteiger partial charge in [-0.15, -0.1) is 13.1 Å². The minimum absolute atomic E-state index is 0. The molecule has 1 aliphatic rings. The van der Waals surface area contributed by atoms with Crippen LogP contribution in [0, 0.1) is 12.8 Å². The molecule has 0 aromatic rings. The molecule has 44 valence electrons. The van der Waals surface area contributed by atoms with E-state index in [1.807, 2.05) is 0 Å². The maximum Gasteiger partial charge on any atom is 3.00 e. The van der Waals surface area contributed by atoms with Gasteiger partial charge in [0, 0.05) is 0 Å². The molecule has 8 heavy (non-hydrogen) atoms. The van der Waals surface area contributed by atoms with Crippen molar-refractivity contribution in [2.24, 2.45) is 0 Å². The summed E-state index contributed by atoms with van der Waals surface area (Å²) >= 11 is 0. The molecule has 1 N–H and O–H groups in total. The molecule has 0 saturated carbocycles. The van der Waals surface area contributed by atoms with Crippen LogP contribution in [0.25, 0.3) is 0 Å². The monoisotopic (exact) mass is 188 g/mol. The molecule has 1 rings (SSSR count). The average Bonchev–Trinajstić information content (AvgIpc) is 1.68. The fraction of sp³-hybridized carbons (Fsp3) is 0.667. The molecule has 0 bridgehead atoms.